The van der Waals surface area contributed by atoms with E-state index in [1.807, 2.05) is 0 Å². The van der Waals surface area contributed by atoms with Gasteiger partial charge in [0.15, 0.2) is 21.4 Å². The molecule has 0 amide bonds. The normalized spacial score (nSPS) is 22.6. The van der Waals surface area contributed by atoms with Crippen molar-refractivity contribution < 1.29 is 17.5 Å². The summed E-state index contributed by atoms with van der Waals surface area (Å²) in [6.07, 6.45) is 1.05. The van der Waals surface area contributed by atoms with Crippen molar-refractivity contribution in [3.05, 3.63) is 29.6 Å². The molecule has 0 bridgehead atoms. The predicted octanol–water partition coefficient (Wildman–Crippen LogP) is 2.67. The van der Waals surface area contributed by atoms with Crippen LogP contribution in [0.5, 0.6) is 5.75 Å². The predicted molar refractivity (Wildman–Crippen MR) is 77.6 cm³/mol. The Morgan fingerprint density at radius 2 is 2.25 bits per heavy atom. The molecule has 20 heavy (non-hydrogen) atoms. The molecule has 0 spiro atoms. The summed E-state index contributed by atoms with van der Waals surface area (Å²) in [5.74, 6) is 0.512. The van der Waals surface area contributed by atoms with Gasteiger partial charge in [-0.15, -0.1) is 11.6 Å². The molecule has 0 aliphatic carbocycles. The van der Waals surface area contributed by atoms with Crippen LogP contribution in [0.25, 0.3) is 0 Å². The fraction of sp³-hybridized carbons (Fsp3) is 0.571. The molecule has 112 valence electrons. The summed E-state index contributed by atoms with van der Waals surface area (Å²) in [5, 5.41) is 0. The highest BCUT2D eigenvalue weighted by Crippen LogP contribution is 2.31. The summed E-state index contributed by atoms with van der Waals surface area (Å²) < 4.78 is 42.2. The standard InChI is InChI=1S/C14H18ClFO3S/c1-19-13-4-2-3-10(14(13)16)7-12(8-15)11-5-6-20(17,18)9-11/h2-4,11-12H,5-9H2,1H3. The zero-order valence-corrected chi connectivity index (χ0v) is 12.9. The lowest BCUT2D eigenvalue weighted by atomic mass is 9.87. The minimum Gasteiger partial charge on any atom is -0.494 e. The highest BCUT2D eigenvalue weighted by molar-refractivity contribution is 7.91. The summed E-state index contributed by atoms with van der Waals surface area (Å²) in [6.45, 7) is 0. The highest BCUT2D eigenvalue weighted by atomic mass is 35.5. The quantitative estimate of drug-likeness (QED) is 0.783. The number of hydrogen-bond donors (Lipinski definition) is 0. The van der Waals surface area contributed by atoms with E-state index in [9.17, 15) is 12.8 Å². The van der Waals surface area contributed by atoms with Crippen LogP contribution in [0.4, 0.5) is 4.39 Å². The van der Waals surface area contributed by atoms with E-state index in [4.69, 9.17) is 16.3 Å². The van der Waals surface area contributed by atoms with E-state index < -0.39 is 9.84 Å². The molecule has 0 aromatic heterocycles. The highest BCUT2D eigenvalue weighted by Gasteiger charge is 2.33. The second-order valence-electron chi connectivity index (χ2n) is 5.22. The fourth-order valence-electron chi connectivity index (χ4n) is 2.70. The Morgan fingerprint density at radius 1 is 1.50 bits per heavy atom. The Morgan fingerprint density at radius 3 is 2.80 bits per heavy atom. The molecular formula is C14H18ClFO3S. The van der Waals surface area contributed by atoms with Crippen molar-refractivity contribution in [2.24, 2.45) is 11.8 Å². The second kappa shape index (κ2) is 6.31. The zero-order chi connectivity index (χ0) is 14.8. The van der Waals surface area contributed by atoms with Gasteiger partial charge in [0.1, 0.15) is 0 Å². The third kappa shape index (κ3) is 3.44. The maximum absolute atomic E-state index is 14.1. The van der Waals surface area contributed by atoms with Gasteiger partial charge in [-0.05, 0) is 36.3 Å². The van der Waals surface area contributed by atoms with Gasteiger partial charge in [-0.2, -0.15) is 0 Å². The van der Waals surface area contributed by atoms with Crippen molar-refractivity contribution in [1.29, 1.82) is 0 Å². The van der Waals surface area contributed by atoms with Crippen LogP contribution in [-0.4, -0.2) is 32.9 Å². The topological polar surface area (TPSA) is 43.4 Å². The van der Waals surface area contributed by atoms with Crippen molar-refractivity contribution in [2.45, 2.75) is 12.8 Å². The molecule has 3 nitrogen and oxygen atoms in total. The molecule has 1 heterocycles. The molecule has 1 saturated heterocycles. The fourth-order valence-corrected chi connectivity index (χ4v) is 4.98. The van der Waals surface area contributed by atoms with Crippen LogP contribution in [0.1, 0.15) is 12.0 Å². The van der Waals surface area contributed by atoms with E-state index >= 15 is 0 Å². The molecule has 2 unspecified atom stereocenters. The van der Waals surface area contributed by atoms with Gasteiger partial charge in [0.2, 0.25) is 0 Å². The zero-order valence-electron chi connectivity index (χ0n) is 11.3. The molecule has 2 atom stereocenters. The Bertz CT molecular complexity index is 574. The molecule has 0 N–H and O–H groups in total. The summed E-state index contributed by atoms with van der Waals surface area (Å²) in [5.41, 5.74) is 0.527. The molecule has 1 aliphatic rings. The van der Waals surface area contributed by atoms with Gasteiger partial charge in [0, 0.05) is 5.88 Å². The Balaban J connectivity index is 2.15. The van der Waals surface area contributed by atoms with Gasteiger partial charge in [0.05, 0.1) is 18.6 Å². The average molecular weight is 321 g/mol. The van der Waals surface area contributed by atoms with Gasteiger partial charge in [-0.3, -0.25) is 0 Å². The molecule has 1 aromatic carbocycles. The van der Waals surface area contributed by atoms with Crippen LogP contribution in [0.3, 0.4) is 0 Å². The Kier molecular flexibility index (Phi) is 4.91. The second-order valence-corrected chi connectivity index (χ2v) is 7.75. The van der Waals surface area contributed by atoms with Crippen LogP contribution in [0.2, 0.25) is 0 Å². The number of rotatable bonds is 5. The lowest BCUT2D eigenvalue weighted by Gasteiger charge is -2.20. The minimum atomic E-state index is -2.94. The van der Waals surface area contributed by atoms with Gasteiger partial charge < -0.3 is 4.74 Å². The minimum absolute atomic E-state index is 0.0168. The first-order valence-corrected chi connectivity index (χ1v) is 8.90. The Hall–Kier alpha value is -0.810. The molecule has 6 heteroatoms. The van der Waals surface area contributed by atoms with E-state index in [2.05, 4.69) is 0 Å². The SMILES string of the molecule is COc1cccc(CC(CCl)C2CCS(=O)(=O)C2)c1F. The van der Waals surface area contributed by atoms with Crippen molar-refractivity contribution in [3.8, 4) is 5.75 Å². The molecular weight excluding hydrogens is 303 g/mol. The molecule has 1 aromatic rings. The number of benzene rings is 1. The maximum Gasteiger partial charge on any atom is 0.168 e. The van der Waals surface area contributed by atoms with Crippen molar-refractivity contribution in [2.75, 3.05) is 24.5 Å². The van der Waals surface area contributed by atoms with Crippen LogP contribution in [-0.2, 0) is 16.3 Å². The number of halogens is 2. The lowest BCUT2D eigenvalue weighted by molar-refractivity contribution is 0.370. The third-order valence-electron chi connectivity index (χ3n) is 3.88. The van der Waals surface area contributed by atoms with Crippen LogP contribution in [0.15, 0.2) is 18.2 Å². The van der Waals surface area contributed by atoms with Crippen LogP contribution >= 0.6 is 11.6 Å². The summed E-state index contributed by atoms with van der Waals surface area (Å²) in [6, 6.07) is 4.99. The van der Waals surface area contributed by atoms with Crippen LogP contribution in [0, 0.1) is 17.7 Å². The van der Waals surface area contributed by atoms with Gasteiger partial charge in [0.25, 0.3) is 0 Å². The summed E-state index contributed by atoms with van der Waals surface area (Å²) in [4.78, 5) is 0. The average Bonchev–Trinajstić information content (AvgIpc) is 2.78. The number of hydrogen-bond acceptors (Lipinski definition) is 3. The molecule has 0 saturated carbocycles. The monoisotopic (exact) mass is 320 g/mol. The van der Waals surface area contributed by atoms with Crippen molar-refractivity contribution in [3.63, 3.8) is 0 Å². The van der Waals surface area contributed by atoms with Crippen LogP contribution < -0.4 is 4.74 Å². The maximum atomic E-state index is 14.1. The van der Waals surface area contributed by atoms with Gasteiger partial charge >= 0.3 is 0 Å². The molecule has 0 radical (unpaired) electrons. The third-order valence-corrected chi connectivity index (χ3v) is 6.07. The Labute approximate surface area is 124 Å². The van der Waals surface area contributed by atoms with Crippen molar-refractivity contribution >= 4 is 21.4 Å². The van der Waals surface area contributed by atoms with E-state index in [1.54, 1.807) is 18.2 Å². The summed E-state index contributed by atoms with van der Waals surface area (Å²) in [7, 11) is -1.52. The van der Waals surface area contributed by atoms with Gasteiger partial charge in [-0.1, -0.05) is 12.1 Å². The van der Waals surface area contributed by atoms with E-state index in [0.29, 0.717) is 24.3 Å². The van der Waals surface area contributed by atoms with E-state index in [1.165, 1.54) is 7.11 Å². The number of sulfone groups is 1. The van der Waals surface area contributed by atoms with Gasteiger partial charge in [-0.25, -0.2) is 12.8 Å². The first kappa shape index (κ1) is 15.6. The summed E-state index contributed by atoms with van der Waals surface area (Å²) >= 11 is 5.97. The molecule has 2 rings (SSSR count). The van der Waals surface area contributed by atoms with E-state index in [-0.39, 0.29) is 34.9 Å². The number of alkyl halides is 1. The molecule has 1 fully saturated rings. The number of methoxy groups -OCH3 is 1. The first-order chi connectivity index (χ1) is 9.46. The molecule has 1 aliphatic heterocycles. The van der Waals surface area contributed by atoms with Crippen molar-refractivity contribution in [1.82, 2.24) is 0 Å². The first-order valence-electron chi connectivity index (χ1n) is 6.54. The number of ether oxygens (including phenoxy) is 1. The largest absolute Gasteiger partial charge is 0.494 e. The lowest BCUT2D eigenvalue weighted by Crippen LogP contribution is -2.21. The van der Waals surface area contributed by atoms with E-state index in [0.717, 1.165) is 0 Å². The smallest absolute Gasteiger partial charge is 0.168 e.